The number of benzene rings is 1. The molecule has 0 aliphatic carbocycles. The Morgan fingerprint density at radius 3 is 2.52 bits per heavy atom. The van der Waals surface area contributed by atoms with E-state index in [1.165, 1.54) is 11.3 Å². The van der Waals surface area contributed by atoms with Crippen molar-refractivity contribution >= 4 is 33.4 Å². The maximum absolute atomic E-state index is 12.2. The molecule has 10 heteroatoms. The number of nitrogens with zero attached hydrogens (tertiary/aromatic N) is 1. The van der Waals surface area contributed by atoms with Crippen LogP contribution in [0, 0.1) is 0 Å². The standard InChI is InChI=1S/C13H12F3N3O3S/c14-13(15,16)12(21)22-8(10(18)20)5-6(17)11-19-7-3-1-2-4-9(7)23-11/h1-4,6,8H,5,17H2,(H2,18,20)/t6-,8?/m0/s1. The lowest BCUT2D eigenvalue weighted by molar-refractivity contribution is -0.205. The van der Waals surface area contributed by atoms with Gasteiger partial charge >= 0.3 is 12.1 Å². The zero-order chi connectivity index (χ0) is 17.2. The van der Waals surface area contributed by atoms with Crippen LogP contribution in [0.4, 0.5) is 13.2 Å². The number of hydrogen-bond acceptors (Lipinski definition) is 6. The van der Waals surface area contributed by atoms with E-state index in [-0.39, 0.29) is 0 Å². The van der Waals surface area contributed by atoms with Gasteiger partial charge in [-0.2, -0.15) is 13.2 Å². The highest BCUT2D eigenvalue weighted by molar-refractivity contribution is 7.18. The van der Waals surface area contributed by atoms with Crippen LogP contribution in [-0.4, -0.2) is 29.1 Å². The smallest absolute Gasteiger partial charge is 0.446 e. The molecule has 0 fully saturated rings. The van der Waals surface area contributed by atoms with Gasteiger partial charge in [0, 0.05) is 6.42 Å². The molecule has 2 rings (SSSR count). The highest BCUT2D eigenvalue weighted by Gasteiger charge is 2.43. The molecule has 1 aromatic heterocycles. The van der Waals surface area contributed by atoms with E-state index in [2.05, 4.69) is 9.72 Å². The minimum Gasteiger partial charge on any atom is -0.446 e. The zero-order valence-corrected chi connectivity index (χ0v) is 12.4. The van der Waals surface area contributed by atoms with Crippen LogP contribution in [0.15, 0.2) is 24.3 Å². The van der Waals surface area contributed by atoms with E-state index in [0.717, 1.165) is 4.70 Å². The molecular weight excluding hydrogens is 335 g/mol. The Kier molecular flexibility index (Phi) is 4.85. The first-order valence-corrected chi connectivity index (χ1v) is 7.18. The maximum atomic E-state index is 12.2. The van der Waals surface area contributed by atoms with Crippen molar-refractivity contribution in [1.82, 2.24) is 4.98 Å². The van der Waals surface area contributed by atoms with Crippen LogP contribution in [0.25, 0.3) is 10.2 Å². The van der Waals surface area contributed by atoms with Crippen LogP contribution in [-0.2, 0) is 14.3 Å². The van der Waals surface area contributed by atoms with Crippen molar-refractivity contribution in [2.24, 2.45) is 11.5 Å². The van der Waals surface area contributed by atoms with Crippen molar-refractivity contribution in [3.63, 3.8) is 0 Å². The van der Waals surface area contributed by atoms with Crippen LogP contribution in [0.5, 0.6) is 0 Å². The van der Waals surface area contributed by atoms with Gasteiger partial charge in [-0.1, -0.05) is 12.1 Å². The number of carbonyl (C=O) groups excluding carboxylic acids is 2. The molecule has 0 aliphatic heterocycles. The summed E-state index contributed by atoms with van der Waals surface area (Å²) in [6.45, 7) is 0. The van der Waals surface area contributed by atoms with Crippen LogP contribution in [0.2, 0.25) is 0 Å². The number of fused-ring (bicyclic) bond motifs is 1. The number of alkyl halides is 3. The molecule has 124 valence electrons. The minimum absolute atomic E-state index is 0.392. The van der Waals surface area contributed by atoms with Gasteiger partial charge in [0.1, 0.15) is 5.01 Å². The number of halogens is 3. The molecule has 0 radical (unpaired) electrons. The number of carbonyl (C=O) groups is 2. The van der Waals surface area contributed by atoms with Crippen molar-refractivity contribution in [3.05, 3.63) is 29.3 Å². The van der Waals surface area contributed by atoms with E-state index in [1.807, 2.05) is 0 Å². The number of rotatable bonds is 5. The van der Waals surface area contributed by atoms with E-state index >= 15 is 0 Å². The Labute approximate surface area is 132 Å². The molecule has 23 heavy (non-hydrogen) atoms. The summed E-state index contributed by atoms with van der Waals surface area (Å²) in [4.78, 5) is 26.3. The zero-order valence-electron chi connectivity index (χ0n) is 11.5. The number of para-hydroxylation sites is 1. The molecule has 1 amide bonds. The normalized spacial score (nSPS) is 14.4. The van der Waals surface area contributed by atoms with Crippen LogP contribution in [0.3, 0.4) is 0 Å². The van der Waals surface area contributed by atoms with Crippen molar-refractivity contribution in [3.8, 4) is 0 Å². The van der Waals surface area contributed by atoms with Gasteiger partial charge in [0.15, 0.2) is 6.10 Å². The second-order valence-corrected chi connectivity index (χ2v) is 5.72. The lowest BCUT2D eigenvalue weighted by Crippen LogP contribution is -2.39. The molecule has 0 bridgehead atoms. The van der Waals surface area contributed by atoms with E-state index in [4.69, 9.17) is 11.5 Å². The fourth-order valence-electron chi connectivity index (χ4n) is 1.80. The Balaban J connectivity index is 2.12. The summed E-state index contributed by atoms with van der Waals surface area (Å²) >= 11 is 1.23. The van der Waals surface area contributed by atoms with Crippen LogP contribution < -0.4 is 11.5 Å². The molecule has 2 aromatic rings. The molecule has 0 spiro atoms. The third-order valence-corrected chi connectivity index (χ3v) is 4.06. The third kappa shape index (κ3) is 4.17. The van der Waals surface area contributed by atoms with Gasteiger partial charge in [0.05, 0.1) is 16.3 Å². The van der Waals surface area contributed by atoms with Crippen molar-refractivity contribution < 1.29 is 27.5 Å². The minimum atomic E-state index is -5.21. The van der Waals surface area contributed by atoms with Gasteiger partial charge in [-0.15, -0.1) is 11.3 Å². The summed E-state index contributed by atoms with van der Waals surface area (Å²) in [6, 6.07) is 6.23. The van der Waals surface area contributed by atoms with Crippen LogP contribution in [0.1, 0.15) is 17.5 Å². The number of hydrogen-bond donors (Lipinski definition) is 2. The Morgan fingerprint density at radius 1 is 1.30 bits per heavy atom. The number of nitrogens with two attached hydrogens (primary N) is 2. The number of amides is 1. The Hall–Kier alpha value is -2.20. The second kappa shape index (κ2) is 6.50. The van der Waals surface area contributed by atoms with E-state index < -0.39 is 36.6 Å². The SMILES string of the molecule is NC(=O)C(C[C@H](N)c1nc2ccccc2s1)OC(=O)C(F)(F)F. The van der Waals surface area contributed by atoms with Crippen molar-refractivity contribution in [2.75, 3.05) is 0 Å². The molecule has 1 heterocycles. The van der Waals surface area contributed by atoms with E-state index in [0.29, 0.717) is 10.5 Å². The summed E-state index contributed by atoms with van der Waals surface area (Å²) in [5.41, 5.74) is 11.5. The fraction of sp³-hybridized carbons (Fsp3) is 0.308. The van der Waals surface area contributed by atoms with Crippen molar-refractivity contribution in [1.29, 1.82) is 0 Å². The first kappa shape index (κ1) is 17.2. The summed E-state index contributed by atoms with van der Waals surface area (Å²) in [5.74, 6) is -3.70. The molecule has 0 saturated heterocycles. The second-order valence-electron chi connectivity index (χ2n) is 4.66. The van der Waals surface area contributed by atoms with Gasteiger partial charge in [-0.3, -0.25) is 4.79 Å². The van der Waals surface area contributed by atoms with Gasteiger partial charge in [-0.25, -0.2) is 9.78 Å². The van der Waals surface area contributed by atoms with Gasteiger partial charge in [0.2, 0.25) is 0 Å². The molecule has 1 aromatic carbocycles. The predicted molar refractivity (Wildman–Crippen MR) is 76.3 cm³/mol. The lowest BCUT2D eigenvalue weighted by Gasteiger charge is -2.18. The number of esters is 1. The topological polar surface area (TPSA) is 108 Å². The van der Waals surface area contributed by atoms with Gasteiger partial charge in [-0.05, 0) is 12.1 Å². The fourth-order valence-corrected chi connectivity index (χ4v) is 2.78. The highest BCUT2D eigenvalue weighted by Crippen LogP contribution is 2.28. The summed E-state index contributed by atoms with van der Waals surface area (Å²) in [6.07, 6.45) is -7.39. The van der Waals surface area contributed by atoms with Gasteiger partial charge < -0.3 is 16.2 Å². The summed E-state index contributed by atoms with van der Waals surface area (Å²) in [7, 11) is 0. The molecule has 6 nitrogen and oxygen atoms in total. The quantitative estimate of drug-likeness (QED) is 0.800. The number of thiazole rings is 1. The Morgan fingerprint density at radius 2 is 1.96 bits per heavy atom. The average molecular weight is 347 g/mol. The molecule has 0 aliphatic rings. The lowest BCUT2D eigenvalue weighted by atomic mass is 10.1. The molecular formula is C13H12F3N3O3S. The van der Waals surface area contributed by atoms with E-state index in [9.17, 15) is 22.8 Å². The monoisotopic (exact) mass is 347 g/mol. The highest BCUT2D eigenvalue weighted by atomic mass is 32.1. The first-order chi connectivity index (χ1) is 10.7. The number of aromatic nitrogens is 1. The van der Waals surface area contributed by atoms with Crippen LogP contribution >= 0.6 is 11.3 Å². The molecule has 2 atom stereocenters. The van der Waals surface area contributed by atoms with Gasteiger partial charge in [0.25, 0.3) is 5.91 Å². The molecule has 0 saturated carbocycles. The van der Waals surface area contributed by atoms with E-state index in [1.54, 1.807) is 24.3 Å². The summed E-state index contributed by atoms with van der Waals surface area (Å²) < 4.78 is 41.5. The molecule has 4 N–H and O–H groups in total. The predicted octanol–water partition coefficient (Wildman–Crippen LogP) is 1.65. The maximum Gasteiger partial charge on any atom is 0.490 e. The third-order valence-electron chi connectivity index (χ3n) is 2.89. The average Bonchev–Trinajstić information content (AvgIpc) is 2.89. The van der Waals surface area contributed by atoms with Crippen molar-refractivity contribution in [2.45, 2.75) is 24.7 Å². The number of primary amides is 1. The number of ether oxygens (including phenoxy) is 1. The Bertz CT molecular complexity index is 699. The summed E-state index contributed by atoms with van der Waals surface area (Å²) in [5, 5.41) is 0.403. The largest absolute Gasteiger partial charge is 0.490 e. The molecule has 1 unspecified atom stereocenters. The first-order valence-electron chi connectivity index (χ1n) is 6.36.